The summed E-state index contributed by atoms with van der Waals surface area (Å²) < 4.78 is 1.74. The number of nitrogens with zero attached hydrogens (tertiary/aromatic N) is 4. The lowest BCUT2D eigenvalue weighted by Crippen LogP contribution is -2.29. The Labute approximate surface area is 125 Å². The van der Waals surface area contributed by atoms with Gasteiger partial charge < -0.3 is 5.11 Å². The van der Waals surface area contributed by atoms with Crippen molar-refractivity contribution in [2.24, 2.45) is 0 Å². The predicted molar refractivity (Wildman–Crippen MR) is 81.7 cm³/mol. The van der Waals surface area contributed by atoms with Gasteiger partial charge in [-0.05, 0) is 31.5 Å². The zero-order valence-corrected chi connectivity index (χ0v) is 12.3. The molecule has 112 valence electrons. The van der Waals surface area contributed by atoms with E-state index in [1.807, 2.05) is 0 Å². The first-order valence-electron chi connectivity index (χ1n) is 7.67. The van der Waals surface area contributed by atoms with Gasteiger partial charge in [0.1, 0.15) is 6.33 Å². The molecule has 1 aliphatic rings. The van der Waals surface area contributed by atoms with E-state index in [1.54, 1.807) is 4.68 Å². The van der Waals surface area contributed by atoms with Crippen LogP contribution in [0.3, 0.4) is 0 Å². The van der Waals surface area contributed by atoms with E-state index in [4.69, 9.17) is 5.11 Å². The number of hydrogen-bond acceptors (Lipinski definition) is 4. The van der Waals surface area contributed by atoms with Crippen LogP contribution in [0.5, 0.6) is 0 Å². The molecule has 1 aromatic carbocycles. The van der Waals surface area contributed by atoms with Gasteiger partial charge in [-0.3, -0.25) is 4.90 Å². The monoisotopic (exact) mass is 286 g/mol. The molecule has 2 heterocycles. The first-order valence-corrected chi connectivity index (χ1v) is 7.67. The van der Waals surface area contributed by atoms with Crippen LogP contribution in [0, 0.1) is 0 Å². The van der Waals surface area contributed by atoms with Crippen molar-refractivity contribution in [1.82, 2.24) is 19.7 Å². The summed E-state index contributed by atoms with van der Waals surface area (Å²) in [5.41, 5.74) is 2.39. The Bertz CT molecular complexity index is 558. The van der Waals surface area contributed by atoms with Crippen molar-refractivity contribution in [3.63, 3.8) is 0 Å². The van der Waals surface area contributed by atoms with Gasteiger partial charge >= 0.3 is 0 Å². The lowest BCUT2D eigenvalue weighted by Gasteiger charge is -2.26. The molecule has 1 aromatic heterocycles. The molecule has 0 spiro atoms. The lowest BCUT2D eigenvalue weighted by atomic mass is 10.1. The van der Waals surface area contributed by atoms with Gasteiger partial charge in [0.05, 0.1) is 13.2 Å². The molecule has 1 fully saturated rings. The van der Waals surface area contributed by atoms with E-state index < -0.39 is 0 Å². The standard InChI is InChI=1S/C16H22N4O/c21-11-10-20-16(17-13-18-20)15-6-4-14(5-7-15)12-19-8-2-1-3-9-19/h4-7,13,21H,1-3,8-12H2. The van der Waals surface area contributed by atoms with Crippen molar-refractivity contribution in [2.45, 2.75) is 32.4 Å². The molecule has 0 amide bonds. The quantitative estimate of drug-likeness (QED) is 0.912. The van der Waals surface area contributed by atoms with Crippen molar-refractivity contribution < 1.29 is 5.11 Å². The Balaban J connectivity index is 1.69. The van der Waals surface area contributed by atoms with Gasteiger partial charge in [0.15, 0.2) is 5.82 Å². The fraction of sp³-hybridized carbons (Fsp3) is 0.500. The molecule has 0 radical (unpaired) electrons. The molecule has 1 N–H and O–H groups in total. The lowest BCUT2D eigenvalue weighted by molar-refractivity contribution is 0.221. The average Bonchev–Trinajstić information content (AvgIpc) is 2.98. The van der Waals surface area contributed by atoms with Gasteiger partial charge in [0.2, 0.25) is 0 Å². The second kappa shape index (κ2) is 6.83. The van der Waals surface area contributed by atoms with Crippen LogP contribution < -0.4 is 0 Å². The highest BCUT2D eigenvalue weighted by Gasteiger charge is 2.11. The third kappa shape index (κ3) is 3.49. The molecule has 0 bridgehead atoms. The number of likely N-dealkylation sites (tertiary alicyclic amines) is 1. The summed E-state index contributed by atoms with van der Waals surface area (Å²) in [5.74, 6) is 0.813. The first-order chi connectivity index (χ1) is 10.4. The van der Waals surface area contributed by atoms with Crippen LogP contribution in [0.2, 0.25) is 0 Å². The highest BCUT2D eigenvalue weighted by Crippen LogP contribution is 2.19. The molecule has 5 nitrogen and oxygen atoms in total. The largest absolute Gasteiger partial charge is 0.394 e. The van der Waals surface area contributed by atoms with E-state index in [1.165, 1.54) is 44.2 Å². The Morgan fingerprint density at radius 2 is 1.81 bits per heavy atom. The van der Waals surface area contributed by atoms with Crippen molar-refractivity contribution in [2.75, 3.05) is 19.7 Å². The highest BCUT2D eigenvalue weighted by atomic mass is 16.3. The molecule has 2 aromatic rings. The first kappa shape index (κ1) is 14.2. The van der Waals surface area contributed by atoms with Crippen molar-refractivity contribution >= 4 is 0 Å². The number of aliphatic hydroxyl groups is 1. The Morgan fingerprint density at radius 3 is 2.52 bits per heavy atom. The summed E-state index contributed by atoms with van der Waals surface area (Å²) in [6.45, 7) is 4.01. The maximum atomic E-state index is 9.04. The average molecular weight is 286 g/mol. The molecule has 21 heavy (non-hydrogen) atoms. The smallest absolute Gasteiger partial charge is 0.158 e. The van der Waals surface area contributed by atoms with E-state index in [-0.39, 0.29) is 6.61 Å². The Kier molecular flexibility index (Phi) is 4.62. The maximum absolute atomic E-state index is 9.04. The number of benzene rings is 1. The van der Waals surface area contributed by atoms with Crippen molar-refractivity contribution in [3.05, 3.63) is 36.2 Å². The molecule has 0 unspecified atom stereocenters. The normalized spacial score (nSPS) is 16.2. The van der Waals surface area contributed by atoms with Gasteiger partial charge in [-0.15, -0.1) is 0 Å². The molecule has 3 rings (SSSR count). The molecular formula is C16H22N4O. The number of aliphatic hydroxyl groups excluding tert-OH is 1. The molecule has 5 heteroatoms. The summed E-state index contributed by atoms with van der Waals surface area (Å²) in [7, 11) is 0. The van der Waals surface area contributed by atoms with Crippen LogP contribution in [0.15, 0.2) is 30.6 Å². The van der Waals surface area contributed by atoms with Crippen LogP contribution in [0.25, 0.3) is 11.4 Å². The van der Waals surface area contributed by atoms with E-state index in [0.717, 1.165) is 17.9 Å². The molecule has 1 saturated heterocycles. The SMILES string of the molecule is OCCn1ncnc1-c1ccc(CN2CCCCC2)cc1. The van der Waals surface area contributed by atoms with Gasteiger partial charge in [-0.2, -0.15) is 5.10 Å². The number of aromatic nitrogens is 3. The summed E-state index contributed by atoms with van der Waals surface area (Å²) >= 11 is 0. The van der Waals surface area contributed by atoms with Gasteiger partial charge in [0.25, 0.3) is 0 Å². The number of hydrogen-bond donors (Lipinski definition) is 1. The van der Waals surface area contributed by atoms with Crippen molar-refractivity contribution in [3.8, 4) is 11.4 Å². The minimum atomic E-state index is 0.0728. The van der Waals surface area contributed by atoms with Crippen molar-refractivity contribution in [1.29, 1.82) is 0 Å². The fourth-order valence-corrected chi connectivity index (χ4v) is 2.88. The van der Waals surface area contributed by atoms with Crippen LogP contribution >= 0.6 is 0 Å². The summed E-state index contributed by atoms with van der Waals surface area (Å²) in [6, 6.07) is 8.53. The minimum Gasteiger partial charge on any atom is -0.394 e. The third-order valence-electron chi connectivity index (χ3n) is 3.99. The number of rotatable bonds is 5. The topological polar surface area (TPSA) is 54.2 Å². The molecule has 1 aliphatic heterocycles. The van der Waals surface area contributed by atoms with E-state index >= 15 is 0 Å². The molecule has 0 aliphatic carbocycles. The maximum Gasteiger partial charge on any atom is 0.158 e. The van der Waals surface area contributed by atoms with E-state index in [0.29, 0.717) is 6.54 Å². The highest BCUT2D eigenvalue weighted by molar-refractivity contribution is 5.55. The van der Waals surface area contributed by atoms with Gasteiger partial charge in [0, 0.05) is 12.1 Å². The van der Waals surface area contributed by atoms with Crippen LogP contribution in [-0.2, 0) is 13.1 Å². The Morgan fingerprint density at radius 1 is 1.05 bits per heavy atom. The summed E-state index contributed by atoms with van der Waals surface area (Å²) in [5, 5.41) is 13.2. The predicted octanol–water partition coefficient (Wildman–Crippen LogP) is 1.92. The third-order valence-corrected chi connectivity index (χ3v) is 3.99. The Hall–Kier alpha value is -1.72. The minimum absolute atomic E-state index is 0.0728. The summed E-state index contributed by atoms with van der Waals surface area (Å²) in [4.78, 5) is 6.80. The van der Waals surface area contributed by atoms with Crippen LogP contribution in [-0.4, -0.2) is 44.5 Å². The van der Waals surface area contributed by atoms with Crippen LogP contribution in [0.4, 0.5) is 0 Å². The molecule has 0 atom stereocenters. The zero-order valence-electron chi connectivity index (χ0n) is 12.3. The van der Waals surface area contributed by atoms with Crippen LogP contribution in [0.1, 0.15) is 24.8 Å². The zero-order chi connectivity index (χ0) is 14.5. The summed E-state index contributed by atoms with van der Waals surface area (Å²) in [6.07, 6.45) is 5.55. The molecular weight excluding hydrogens is 264 g/mol. The van der Waals surface area contributed by atoms with E-state index in [9.17, 15) is 0 Å². The van der Waals surface area contributed by atoms with Gasteiger partial charge in [-0.25, -0.2) is 9.67 Å². The second-order valence-electron chi connectivity index (χ2n) is 5.56. The fourth-order valence-electron chi connectivity index (χ4n) is 2.88. The second-order valence-corrected chi connectivity index (χ2v) is 5.56. The number of piperidine rings is 1. The molecule has 0 saturated carbocycles. The van der Waals surface area contributed by atoms with E-state index in [2.05, 4.69) is 39.2 Å². The van der Waals surface area contributed by atoms with Gasteiger partial charge in [-0.1, -0.05) is 30.7 Å².